The van der Waals surface area contributed by atoms with Gasteiger partial charge in [-0.2, -0.15) is 0 Å². The number of hydrogen-bond acceptors (Lipinski definition) is 3. The lowest BCUT2D eigenvalue weighted by Gasteiger charge is -2.19. The Morgan fingerprint density at radius 3 is 2.37 bits per heavy atom. The number of sulfonamides is 1. The number of hydrogen-bond donors (Lipinski definition) is 2. The Labute approximate surface area is 116 Å². The molecule has 0 amide bonds. The van der Waals surface area contributed by atoms with Gasteiger partial charge in [-0.1, -0.05) is 31.5 Å². The summed E-state index contributed by atoms with van der Waals surface area (Å²) in [6.07, 6.45) is 0.737. The second-order valence-corrected chi connectivity index (χ2v) is 7.13. The number of aryl methyl sites for hydroxylation is 2. The second-order valence-electron chi connectivity index (χ2n) is 5.45. The van der Waals surface area contributed by atoms with Gasteiger partial charge >= 0.3 is 0 Å². The highest BCUT2D eigenvalue weighted by atomic mass is 32.2. The molecule has 1 rings (SSSR count). The van der Waals surface area contributed by atoms with Crippen molar-refractivity contribution in [1.29, 1.82) is 0 Å². The molecule has 0 aliphatic rings. The molecule has 0 saturated heterocycles. The van der Waals surface area contributed by atoms with Crippen LogP contribution in [-0.4, -0.2) is 21.0 Å². The van der Waals surface area contributed by atoms with E-state index in [4.69, 9.17) is 5.73 Å². The highest BCUT2D eigenvalue weighted by Gasteiger charge is 2.21. The van der Waals surface area contributed by atoms with E-state index in [1.807, 2.05) is 39.8 Å². The average molecular weight is 284 g/mol. The predicted molar refractivity (Wildman–Crippen MR) is 78.5 cm³/mol. The van der Waals surface area contributed by atoms with E-state index in [1.54, 1.807) is 6.07 Å². The van der Waals surface area contributed by atoms with E-state index in [0.717, 1.165) is 17.5 Å². The van der Waals surface area contributed by atoms with Crippen LogP contribution in [0.25, 0.3) is 0 Å². The molecule has 0 fully saturated rings. The molecule has 3 N–H and O–H groups in total. The first-order chi connectivity index (χ1) is 8.76. The van der Waals surface area contributed by atoms with Crippen LogP contribution >= 0.6 is 0 Å². The molecular weight excluding hydrogens is 260 g/mol. The molecule has 0 heterocycles. The summed E-state index contributed by atoms with van der Waals surface area (Å²) in [4.78, 5) is 0.334. The maximum Gasteiger partial charge on any atom is 0.241 e. The Morgan fingerprint density at radius 1 is 1.26 bits per heavy atom. The molecule has 0 aliphatic carbocycles. The maximum atomic E-state index is 12.3. The van der Waals surface area contributed by atoms with Crippen molar-refractivity contribution in [2.75, 3.05) is 6.54 Å². The molecule has 0 radical (unpaired) electrons. The van der Waals surface area contributed by atoms with Crippen molar-refractivity contribution >= 4 is 10.0 Å². The van der Waals surface area contributed by atoms with Gasteiger partial charge in [0.25, 0.3) is 0 Å². The molecule has 108 valence electrons. The highest BCUT2D eigenvalue weighted by Crippen LogP contribution is 2.17. The second kappa shape index (κ2) is 6.50. The molecular formula is C14H24N2O2S. The van der Waals surface area contributed by atoms with Crippen molar-refractivity contribution in [3.8, 4) is 0 Å². The number of nitrogens with two attached hydrogens (primary N) is 1. The molecule has 0 saturated carbocycles. The van der Waals surface area contributed by atoms with E-state index in [1.165, 1.54) is 0 Å². The van der Waals surface area contributed by atoms with Crippen LogP contribution in [-0.2, 0) is 10.0 Å². The molecule has 19 heavy (non-hydrogen) atoms. The fourth-order valence-corrected chi connectivity index (χ4v) is 3.63. The third-order valence-corrected chi connectivity index (χ3v) is 4.66. The van der Waals surface area contributed by atoms with Gasteiger partial charge in [-0.3, -0.25) is 0 Å². The summed E-state index contributed by atoms with van der Waals surface area (Å²) in [6, 6.07) is 5.11. The number of benzene rings is 1. The first kappa shape index (κ1) is 16.1. The summed E-state index contributed by atoms with van der Waals surface area (Å²) >= 11 is 0. The highest BCUT2D eigenvalue weighted by molar-refractivity contribution is 7.89. The van der Waals surface area contributed by atoms with Gasteiger partial charge < -0.3 is 5.73 Å². The van der Waals surface area contributed by atoms with E-state index in [2.05, 4.69) is 4.72 Å². The molecule has 1 aromatic carbocycles. The maximum absolute atomic E-state index is 12.3. The van der Waals surface area contributed by atoms with E-state index in [-0.39, 0.29) is 6.04 Å². The lowest BCUT2D eigenvalue weighted by molar-refractivity contribution is 0.465. The first-order valence-electron chi connectivity index (χ1n) is 6.56. The molecule has 1 atom stereocenters. The summed E-state index contributed by atoms with van der Waals surface area (Å²) in [7, 11) is -3.49. The molecule has 0 spiro atoms. The normalized spacial score (nSPS) is 13.8. The van der Waals surface area contributed by atoms with Gasteiger partial charge in [0.05, 0.1) is 4.90 Å². The fourth-order valence-electron chi connectivity index (χ4n) is 2.15. The van der Waals surface area contributed by atoms with Crippen molar-refractivity contribution in [2.45, 2.75) is 45.1 Å². The SMILES string of the molecule is Cc1ccc(S(=O)(=O)NC(CN)CC(C)C)c(C)c1. The molecule has 0 bridgehead atoms. The predicted octanol–water partition coefficient (Wildman–Crippen LogP) is 1.96. The van der Waals surface area contributed by atoms with Gasteiger partial charge in [0.15, 0.2) is 0 Å². The van der Waals surface area contributed by atoms with Crippen molar-refractivity contribution in [3.05, 3.63) is 29.3 Å². The Hall–Kier alpha value is -0.910. The molecule has 1 aromatic rings. The topological polar surface area (TPSA) is 72.2 Å². The van der Waals surface area contributed by atoms with Crippen LogP contribution in [0.2, 0.25) is 0 Å². The zero-order valence-corrected chi connectivity index (χ0v) is 12.9. The summed E-state index contributed by atoms with van der Waals surface area (Å²) in [6.45, 7) is 8.16. The van der Waals surface area contributed by atoms with Crippen LogP contribution in [0.15, 0.2) is 23.1 Å². The Kier molecular flexibility index (Phi) is 5.52. The molecule has 4 nitrogen and oxygen atoms in total. The van der Waals surface area contributed by atoms with Crippen LogP contribution in [0.5, 0.6) is 0 Å². The summed E-state index contributed by atoms with van der Waals surface area (Å²) < 4.78 is 27.4. The molecule has 5 heteroatoms. The Bertz CT molecular complexity index is 524. The average Bonchev–Trinajstić information content (AvgIpc) is 2.26. The van der Waals surface area contributed by atoms with E-state index >= 15 is 0 Å². The van der Waals surface area contributed by atoms with E-state index in [9.17, 15) is 8.42 Å². The van der Waals surface area contributed by atoms with Crippen LogP contribution in [0.3, 0.4) is 0 Å². The van der Waals surface area contributed by atoms with Gasteiger partial charge in [-0.25, -0.2) is 13.1 Å². The van der Waals surface area contributed by atoms with Crippen molar-refractivity contribution in [3.63, 3.8) is 0 Å². The lowest BCUT2D eigenvalue weighted by atomic mass is 10.1. The summed E-state index contributed by atoms with van der Waals surface area (Å²) in [5, 5.41) is 0. The van der Waals surface area contributed by atoms with Gasteiger partial charge in [0.2, 0.25) is 10.0 Å². The third-order valence-electron chi connectivity index (χ3n) is 2.98. The van der Waals surface area contributed by atoms with Gasteiger partial charge in [-0.05, 0) is 37.8 Å². The Morgan fingerprint density at radius 2 is 1.89 bits per heavy atom. The standard InChI is InChI=1S/C14H24N2O2S/c1-10(2)7-13(9-15)16-19(17,18)14-6-5-11(3)8-12(14)4/h5-6,8,10,13,16H,7,9,15H2,1-4H3. The van der Waals surface area contributed by atoms with Gasteiger partial charge in [0, 0.05) is 12.6 Å². The largest absolute Gasteiger partial charge is 0.329 e. The van der Waals surface area contributed by atoms with Crippen LogP contribution in [0, 0.1) is 19.8 Å². The van der Waals surface area contributed by atoms with Crippen molar-refractivity contribution in [2.24, 2.45) is 11.7 Å². The monoisotopic (exact) mass is 284 g/mol. The smallest absolute Gasteiger partial charge is 0.241 e. The zero-order chi connectivity index (χ0) is 14.6. The summed E-state index contributed by atoms with van der Waals surface area (Å²) in [5.74, 6) is 0.398. The van der Waals surface area contributed by atoms with E-state index in [0.29, 0.717) is 17.4 Å². The van der Waals surface area contributed by atoms with Crippen molar-refractivity contribution in [1.82, 2.24) is 4.72 Å². The first-order valence-corrected chi connectivity index (χ1v) is 8.04. The summed E-state index contributed by atoms with van der Waals surface area (Å²) in [5.41, 5.74) is 7.45. The third kappa shape index (κ3) is 4.60. The van der Waals surface area contributed by atoms with Crippen LogP contribution < -0.4 is 10.5 Å². The minimum absolute atomic E-state index is 0.217. The molecule has 1 unspecified atom stereocenters. The molecule has 0 aromatic heterocycles. The fraction of sp³-hybridized carbons (Fsp3) is 0.571. The minimum Gasteiger partial charge on any atom is -0.329 e. The van der Waals surface area contributed by atoms with Crippen molar-refractivity contribution < 1.29 is 8.42 Å². The number of nitrogens with one attached hydrogen (secondary N) is 1. The van der Waals surface area contributed by atoms with Gasteiger partial charge in [0.1, 0.15) is 0 Å². The quantitative estimate of drug-likeness (QED) is 0.838. The van der Waals surface area contributed by atoms with Crippen LogP contribution in [0.4, 0.5) is 0 Å². The molecule has 0 aliphatic heterocycles. The Balaban J connectivity index is 2.97. The number of rotatable bonds is 6. The van der Waals surface area contributed by atoms with Gasteiger partial charge in [-0.15, -0.1) is 0 Å². The zero-order valence-electron chi connectivity index (χ0n) is 12.1. The van der Waals surface area contributed by atoms with E-state index < -0.39 is 10.0 Å². The lowest BCUT2D eigenvalue weighted by Crippen LogP contribution is -2.41. The minimum atomic E-state index is -3.49. The van der Waals surface area contributed by atoms with Crippen LogP contribution in [0.1, 0.15) is 31.4 Å².